The first kappa shape index (κ1) is 22.7. The standard InChI is InChI=1S/C23H26F3N5O3/c1-11-18-20(31(2)19(21(32)29-18)23(33-3)5-4-6-23)30-22(27-11)28-12-7-13(8-12)34-14-9-15(24)17(26)16(25)10-14/h9-10,12-13,19H,4-8H2,1-3H3,(H,29,32)(H,27,28,30). The van der Waals surface area contributed by atoms with Gasteiger partial charge in [0.1, 0.15) is 23.6 Å². The lowest BCUT2D eigenvalue weighted by atomic mass is 9.73. The smallest absolute Gasteiger partial charge is 0.250 e. The van der Waals surface area contributed by atoms with Crippen molar-refractivity contribution in [1.29, 1.82) is 0 Å². The van der Waals surface area contributed by atoms with Crippen LogP contribution >= 0.6 is 0 Å². The van der Waals surface area contributed by atoms with Crippen molar-refractivity contribution in [3.63, 3.8) is 0 Å². The minimum atomic E-state index is -1.52. The van der Waals surface area contributed by atoms with E-state index >= 15 is 0 Å². The fourth-order valence-corrected chi connectivity index (χ4v) is 4.97. The zero-order chi connectivity index (χ0) is 24.2. The molecule has 0 spiro atoms. The summed E-state index contributed by atoms with van der Waals surface area (Å²) in [5.41, 5.74) is 0.687. The number of rotatable bonds is 6. The summed E-state index contributed by atoms with van der Waals surface area (Å²) in [5.74, 6) is -3.23. The largest absolute Gasteiger partial charge is 0.490 e. The number of anilines is 3. The Morgan fingerprint density at radius 1 is 1.18 bits per heavy atom. The molecule has 1 aliphatic heterocycles. The van der Waals surface area contributed by atoms with E-state index in [0.717, 1.165) is 31.4 Å². The molecule has 8 nitrogen and oxygen atoms in total. The molecule has 0 bridgehead atoms. The molecule has 11 heteroatoms. The molecule has 2 N–H and O–H groups in total. The van der Waals surface area contributed by atoms with Crippen LogP contribution in [0, 0.1) is 24.4 Å². The highest BCUT2D eigenvalue weighted by molar-refractivity contribution is 6.04. The van der Waals surface area contributed by atoms with Gasteiger partial charge >= 0.3 is 0 Å². The van der Waals surface area contributed by atoms with Gasteiger partial charge in [0.05, 0.1) is 11.3 Å². The van der Waals surface area contributed by atoms with Crippen LogP contribution in [0.2, 0.25) is 0 Å². The Morgan fingerprint density at radius 3 is 2.44 bits per heavy atom. The fraction of sp³-hybridized carbons (Fsp3) is 0.522. The third kappa shape index (κ3) is 3.71. The summed E-state index contributed by atoms with van der Waals surface area (Å²) in [6, 6.07) is 1.18. The maximum absolute atomic E-state index is 13.4. The number of carbonyl (C=O) groups is 1. The molecule has 2 heterocycles. The Hall–Kier alpha value is -3.08. The van der Waals surface area contributed by atoms with E-state index in [1.807, 2.05) is 11.9 Å². The van der Waals surface area contributed by atoms with Gasteiger partial charge in [-0.1, -0.05) is 0 Å². The molecule has 3 aliphatic rings. The van der Waals surface area contributed by atoms with Gasteiger partial charge in [-0.15, -0.1) is 0 Å². The number of methoxy groups -OCH3 is 1. The first-order valence-corrected chi connectivity index (χ1v) is 11.3. The Kier molecular flexibility index (Phi) is 5.54. The van der Waals surface area contributed by atoms with E-state index in [4.69, 9.17) is 9.47 Å². The predicted octanol–water partition coefficient (Wildman–Crippen LogP) is 3.55. The molecule has 1 atom stereocenters. The monoisotopic (exact) mass is 477 g/mol. The Labute approximate surface area is 194 Å². The number of ether oxygens (including phenoxy) is 2. The lowest BCUT2D eigenvalue weighted by Gasteiger charge is -2.50. The van der Waals surface area contributed by atoms with E-state index < -0.39 is 29.1 Å². The molecule has 1 amide bonds. The number of amides is 1. The Bertz CT molecular complexity index is 1110. The lowest BCUT2D eigenvalue weighted by Crippen LogP contribution is -2.64. The highest BCUT2D eigenvalue weighted by atomic mass is 19.2. The molecular formula is C23H26F3N5O3. The van der Waals surface area contributed by atoms with E-state index in [2.05, 4.69) is 20.6 Å². The summed E-state index contributed by atoms with van der Waals surface area (Å²) in [5, 5.41) is 6.21. The van der Waals surface area contributed by atoms with Gasteiger partial charge in [-0.25, -0.2) is 18.2 Å². The summed E-state index contributed by atoms with van der Waals surface area (Å²) >= 11 is 0. The molecular weight excluding hydrogens is 451 g/mol. The van der Waals surface area contributed by atoms with Crippen LogP contribution in [-0.2, 0) is 9.53 Å². The van der Waals surface area contributed by atoms with Crippen LogP contribution < -0.4 is 20.3 Å². The average molecular weight is 477 g/mol. The number of aryl methyl sites for hydroxylation is 1. The quantitative estimate of drug-likeness (QED) is 0.615. The van der Waals surface area contributed by atoms with Crippen molar-refractivity contribution in [2.75, 3.05) is 29.7 Å². The second-order valence-electron chi connectivity index (χ2n) is 9.21. The zero-order valence-electron chi connectivity index (χ0n) is 19.1. The van der Waals surface area contributed by atoms with Crippen LogP contribution in [0.1, 0.15) is 37.8 Å². The average Bonchev–Trinajstić information content (AvgIpc) is 2.73. The first-order valence-electron chi connectivity index (χ1n) is 11.3. The van der Waals surface area contributed by atoms with Crippen molar-refractivity contribution < 1.29 is 27.4 Å². The second kappa shape index (κ2) is 8.30. The number of hydrogen-bond donors (Lipinski definition) is 2. The van der Waals surface area contributed by atoms with Crippen LogP contribution in [-0.4, -0.2) is 53.8 Å². The van der Waals surface area contributed by atoms with Gasteiger partial charge in [0.25, 0.3) is 0 Å². The molecule has 2 aliphatic carbocycles. The summed E-state index contributed by atoms with van der Waals surface area (Å²) in [6.45, 7) is 1.81. The summed E-state index contributed by atoms with van der Waals surface area (Å²) in [6.07, 6.45) is 3.47. The molecule has 1 aromatic heterocycles. The molecule has 2 aromatic rings. The SMILES string of the molecule is COC1(C2C(=O)Nc3c(C)nc(NC4CC(Oc5cc(F)c(F)c(F)c5)C4)nc3N2C)CCC1. The van der Waals surface area contributed by atoms with Crippen LogP contribution in [0.4, 0.5) is 30.6 Å². The summed E-state index contributed by atoms with van der Waals surface area (Å²) < 4.78 is 51.2. The molecule has 0 saturated heterocycles. The fourth-order valence-electron chi connectivity index (χ4n) is 4.97. The van der Waals surface area contributed by atoms with Crippen LogP contribution in [0.15, 0.2) is 12.1 Å². The number of aromatic nitrogens is 2. The van der Waals surface area contributed by atoms with E-state index in [1.165, 1.54) is 0 Å². The lowest BCUT2D eigenvalue weighted by molar-refractivity contribution is -0.135. The number of likely N-dealkylation sites (N-methyl/N-ethyl adjacent to an activating group) is 1. The Morgan fingerprint density at radius 2 is 1.85 bits per heavy atom. The third-order valence-corrected chi connectivity index (χ3v) is 7.08. The minimum absolute atomic E-state index is 0.00572. The van der Waals surface area contributed by atoms with Crippen molar-refractivity contribution in [2.45, 2.75) is 62.8 Å². The molecule has 1 unspecified atom stereocenters. The Balaban J connectivity index is 1.27. The van der Waals surface area contributed by atoms with Crippen molar-refractivity contribution >= 4 is 23.4 Å². The second-order valence-corrected chi connectivity index (χ2v) is 9.21. The number of nitrogens with zero attached hydrogens (tertiary/aromatic N) is 3. The molecule has 0 radical (unpaired) electrons. The van der Waals surface area contributed by atoms with Crippen molar-refractivity contribution in [2.24, 2.45) is 0 Å². The van der Waals surface area contributed by atoms with Crippen LogP contribution in [0.5, 0.6) is 5.75 Å². The zero-order valence-corrected chi connectivity index (χ0v) is 19.1. The topological polar surface area (TPSA) is 88.6 Å². The first-order chi connectivity index (χ1) is 16.2. The normalized spacial score (nSPS) is 25.1. The van der Waals surface area contributed by atoms with Gasteiger partial charge in [-0.3, -0.25) is 4.79 Å². The molecule has 5 rings (SSSR count). The molecule has 34 heavy (non-hydrogen) atoms. The van der Waals surface area contributed by atoms with Crippen molar-refractivity contribution in [3.05, 3.63) is 35.3 Å². The van der Waals surface area contributed by atoms with Gasteiger partial charge in [0.2, 0.25) is 11.9 Å². The van der Waals surface area contributed by atoms with Crippen LogP contribution in [0.25, 0.3) is 0 Å². The number of carbonyl (C=O) groups excluding carboxylic acids is 1. The highest BCUT2D eigenvalue weighted by Gasteiger charge is 2.52. The van der Waals surface area contributed by atoms with E-state index in [9.17, 15) is 18.0 Å². The third-order valence-electron chi connectivity index (χ3n) is 7.08. The number of fused-ring (bicyclic) bond motifs is 1. The summed E-state index contributed by atoms with van der Waals surface area (Å²) in [7, 11) is 3.48. The summed E-state index contributed by atoms with van der Waals surface area (Å²) in [4.78, 5) is 23.9. The van der Waals surface area contributed by atoms with E-state index in [0.29, 0.717) is 36.0 Å². The van der Waals surface area contributed by atoms with Gasteiger partial charge in [0.15, 0.2) is 23.3 Å². The molecule has 182 valence electrons. The maximum Gasteiger partial charge on any atom is 0.250 e. The minimum Gasteiger partial charge on any atom is -0.490 e. The van der Waals surface area contributed by atoms with Gasteiger partial charge < -0.3 is 25.0 Å². The number of hydrogen-bond acceptors (Lipinski definition) is 7. The van der Waals surface area contributed by atoms with Crippen molar-refractivity contribution in [3.8, 4) is 5.75 Å². The number of halogens is 3. The van der Waals surface area contributed by atoms with E-state index in [1.54, 1.807) is 14.0 Å². The molecule has 1 aromatic carbocycles. The number of benzene rings is 1. The number of nitrogens with one attached hydrogen (secondary N) is 2. The van der Waals surface area contributed by atoms with Gasteiger partial charge in [0, 0.05) is 45.2 Å². The van der Waals surface area contributed by atoms with E-state index in [-0.39, 0.29) is 23.8 Å². The predicted molar refractivity (Wildman–Crippen MR) is 119 cm³/mol. The molecule has 2 saturated carbocycles. The van der Waals surface area contributed by atoms with Crippen LogP contribution in [0.3, 0.4) is 0 Å². The van der Waals surface area contributed by atoms with Crippen molar-refractivity contribution in [1.82, 2.24) is 9.97 Å². The van der Waals surface area contributed by atoms with Gasteiger partial charge in [-0.2, -0.15) is 4.98 Å². The maximum atomic E-state index is 13.4. The highest BCUT2D eigenvalue weighted by Crippen LogP contribution is 2.44. The van der Waals surface area contributed by atoms with Gasteiger partial charge in [-0.05, 0) is 26.2 Å². The molecule has 2 fully saturated rings.